The number of ether oxygens (including phenoxy) is 1. The van der Waals surface area contributed by atoms with E-state index < -0.39 is 17.6 Å². The minimum absolute atomic E-state index is 0.00441. The van der Waals surface area contributed by atoms with Gasteiger partial charge in [0.05, 0.1) is 18.4 Å². The summed E-state index contributed by atoms with van der Waals surface area (Å²) in [5, 5.41) is 0. The third-order valence-electron chi connectivity index (χ3n) is 6.01. The van der Waals surface area contributed by atoms with E-state index in [0.29, 0.717) is 18.0 Å². The molecule has 168 valence electrons. The molecule has 0 saturated carbocycles. The fourth-order valence-electron chi connectivity index (χ4n) is 4.45. The lowest BCUT2D eigenvalue weighted by Crippen LogP contribution is -2.49. The number of methoxy groups -OCH3 is 1. The highest BCUT2D eigenvalue weighted by molar-refractivity contribution is 5.97. The zero-order chi connectivity index (χ0) is 22.8. The molecule has 31 heavy (non-hydrogen) atoms. The molecular formula is C24H27F4NO2. The van der Waals surface area contributed by atoms with Crippen LogP contribution >= 0.6 is 0 Å². The van der Waals surface area contributed by atoms with Crippen LogP contribution in [0.2, 0.25) is 0 Å². The number of carbonyl (C=O) groups excluding carboxylic acids is 1. The van der Waals surface area contributed by atoms with Gasteiger partial charge in [-0.05, 0) is 42.5 Å². The van der Waals surface area contributed by atoms with Crippen LogP contribution in [0.3, 0.4) is 0 Å². The van der Waals surface area contributed by atoms with Crippen molar-refractivity contribution in [2.45, 2.75) is 58.2 Å². The Hall–Kier alpha value is -2.57. The fourth-order valence-corrected chi connectivity index (χ4v) is 4.45. The minimum atomic E-state index is -4.53. The van der Waals surface area contributed by atoms with E-state index >= 15 is 4.39 Å². The summed E-state index contributed by atoms with van der Waals surface area (Å²) in [6, 6.07) is 7.06. The largest absolute Gasteiger partial charge is 0.495 e. The molecule has 0 radical (unpaired) electrons. The molecule has 1 saturated heterocycles. The molecule has 3 rings (SSSR count). The summed E-state index contributed by atoms with van der Waals surface area (Å²) in [4.78, 5) is 14.5. The Kier molecular flexibility index (Phi) is 6.92. The second kappa shape index (κ2) is 9.28. The lowest BCUT2D eigenvalue weighted by Gasteiger charge is -2.41. The van der Waals surface area contributed by atoms with E-state index in [4.69, 9.17) is 4.74 Å². The second-order valence-electron chi connectivity index (χ2n) is 7.91. The molecule has 2 atom stereocenters. The van der Waals surface area contributed by atoms with Gasteiger partial charge in [0, 0.05) is 24.1 Å². The van der Waals surface area contributed by atoms with Crippen molar-refractivity contribution in [3.63, 3.8) is 0 Å². The van der Waals surface area contributed by atoms with Crippen LogP contribution in [0.4, 0.5) is 23.2 Å². The van der Waals surface area contributed by atoms with Gasteiger partial charge in [0.1, 0.15) is 11.6 Å². The molecule has 1 heterocycles. The Bertz CT molecular complexity index is 942. The molecule has 3 nitrogen and oxygen atoms in total. The maximum Gasteiger partial charge on any atom is 0.416 e. The zero-order valence-electron chi connectivity index (χ0n) is 17.9. The molecular weight excluding hydrogens is 410 g/mol. The van der Waals surface area contributed by atoms with Crippen molar-refractivity contribution in [1.82, 2.24) is 0 Å². The zero-order valence-corrected chi connectivity index (χ0v) is 17.9. The Balaban J connectivity index is 2.10. The summed E-state index contributed by atoms with van der Waals surface area (Å²) in [5.41, 5.74) is -0.432. The summed E-state index contributed by atoms with van der Waals surface area (Å²) in [7, 11) is 1.41. The number of rotatable bonds is 6. The SMILES string of the molecule is CCC[C@@H]1[C@H](CC)CCC(=O)N1c1cc(F)c(-c2cccc(C(F)(F)F)c2)cc1OC. The van der Waals surface area contributed by atoms with Crippen molar-refractivity contribution in [2.75, 3.05) is 12.0 Å². The molecule has 0 unspecified atom stereocenters. The first kappa shape index (κ1) is 23.1. The Morgan fingerprint density at radius 1 is 1.16 bits per heavy atom. The van der Waals surface area contributed by atoms with Gasteiger partial charge in [-0.25, -0.2) is 4.39 Å². The van der Waals surface area contributed by atoms with Gasteiger partial charge >= 0.3 is 6.18 Å². The number of carbonyl (C=O) groups is 1. The highest BCUT2D eigenvalue weighted by Crippen LogP contribution is 2.42. The van der Waals surface area contributed by atoms with Gasteiger partial charge in [0.15, 0.2) is 0 Å². The number of piperidine rings is 1. The normalized spacial score (nSPS) is 19.6. The molecule has 2 aromatic rings. The van der Waals surface area contributed by atoms with Crippen LogP contribution in [0.5, 0.6) is 5.75 Å². The quantitative estimate of drug-likeness (QED) is 0.463. The molecule has 2 aromatic carbocycles. The number of benzene rings is 2. The average Bonchev–Trinajstić information content (AvgIpc) is 2.74. The second-order valence-corrected chi connectivity index (χ2v) is 7.91. The molecule has 1 aliphatic heterocycles. The predicted molar refractivity (Wildman–Crippen MR) is 113 cm³/mol. The number of nitrogens with zero attached hydrogens (tertiary/aromatic N) is 1. The molecule has 0 N–H and O–H groups in total. The number of hydrogen-bond donors (Lipinski definition) is 0. The highest BCUT2D eigenvalue weighted by atomic mass is 19.4. The van der Waals surface area contributed by atoms with E-state index in [1.54, 1.807) is 4.90 Å². The Labute approximate surface area is 180 Å². The van der Waals surface area contributed by atoms with Crippen LogP contribution < -0.4 is 9.64 Å². The topological polar surface area (TPSA) is 29.5 Å². The summed E-state index contributed by atoms with van der Waals surface area (Å²) < 4.78 is 60.0. The van der Waals surface area contributed by atoms with Crippen molar-refractivity contribution < 1.29 is 27.1 Å². The third-order valence-corrected chi connectivity index (χ3v) is 6.01. The number of alkyl halides is 3. The number of amides is 1. The molecule has 1 amide bonds. The van der Waals surface area contributed by atoms with Gasteiger partial charge in [-0.3, -0.25) is 4.79 Å². The van der Waals surface area contributed by atoms with Crippen molar-refractivity contribution >= 4 is 11.6 Å². The van der Waals surface area contributed by atoms with Crippen molar-refractivity contribution in [1.29, 1.82) is 0 Å². The Morgan fingerprint density at radius 2 is 1.90 bits per heavy atom. The first-order chi connectivity index (χ1) is 14.7. The highest BCUT2D eigenvalue weighted by Gasteiger charge is 2.37. The number of anilines is 1. The van der Waals surface area contributed by atoms with Crippen molar-refractivity contribution in [3.8, 4) is 16.9 Å². The molecule has 0 aliphatic carbocycles. The smallest absolute Gasteiger partial charge is 0.416 e. The van der Waals surface area contributed by atoms with E-state index in [1.807, 2.05) is 6.92 Å². The van der Waals surface area contributed by atoms with Crippen LogP contribution in [0.1, 0.15) is 51.5 Å². The molecule has 1 fully saturated rings. The monoisotopic (exact) mass is 437 g/mol. The summed E-state index contributed by atoms with van der Waals surface area (Å²) in [5.74, 6) is -0.224. The van der Waals surface area contributed by atoms with Crippen LogP contribution in [0.25, 0.3) is 11.1 Å². The average molecular weight is 437 g/mol. The fraction of sp³-hybridized carbons (Fsp3) is 0.458. The van der Waals surface area contributed by atoms with Crippen LogP contribution in [0.15, 0.2) is 36.4 Å². The summed E-state index contributed by atoms with van der Waals surface area (Å²) >= 11 is 0. The number of hydrogen-bond acceptors (Lipinski definition) is 2. The van der Waals surface area contributed by atoms with Crippen molar-refractivity contribution in [3.05, 3.63) is 47.8 Å². The van der Waals surface area contributed by atoms with Gasteiger partial charge in [-0.2, -0.15) is 13.2 Å². The van der Waals surface area contributed by atoms with E-state index in [2.05, 4.69) is 6.92 Å². The first-order valence-electron chi connectivity index (χ1n) is 10.6. The standard InChI is InChI=1S/C24H27F4NO2/c1-4-7-20-15(5-2)10-11-23(30)29(20)21-14-19(25)18(13-22(21)31-3)16-8-6-9-17(12-16)24(26,27)28/h6,8-9,12-15,20H,4-5,7,10-11H2,1-3H3/t15-,20-/m1/s1. The van der Waals surface area contributed by atoms with E-state index in [1.165, 1.54) is 31.4 Å². The van der Waals surface area contributed by atoms with Crippen LogP contribution in [0, 0.1) is 11.7 Å². The van der Waals surface area contributed by atoms with Gasteiger partial charge in [-0.15, -0.1) is 0 Å². The van der Waals surface area contributed by atoms with Crippen LogP contribution in [-0.2, 0) is 11.0 Å². The van der Waals surface area contributed by atoms with E-state index in [9.17, 15) is 18.0 Å². The van der Waals surface area contributed by atoms with Gasteiger partial charge in [-0.1, -0.05) is 38.8 Å². The lowest BCUT2D eigenvalue weighted by molar-refractivity contribution is -0.137. The Morgan fingerprint density at radius 3 is 2.52 bits per heavy atom. The van der Waals surface area contributed by atoms with Gasteiger partial charge in [0.25, 0.3) is 0 Å². The van der Waals surface area contributed by atoms with E-state index in [0.717, 1.165) is 37.8 Å². The lowest BCUT2D eigenvalue weighted by atomic mass is 9.83. The maximum atomic E-state index is 15.2. The number of halogens is 4. The van der Waals surface area contributed by atoms with Gasteiger partial charge < -0.3 is 9.64 Å². The van der Waals surface area contributed by atoms with E-state index in [-0.39, 0.29) is 28.8 Å². The first-order valence-corrected chi connectivity index (χ1v) is 10.6. The molecule has 7 heteroatoms. The summed E-state index contributed by atoms with van der Waals surface area (Å²) in [6.07, 6.45) is -0.800. The molecule has 1 aliphatic rings. The van der Waals surface area contributed by atoms with Crippen LogP contribution in [-0.4, -0.2) is 19.1 Å². The molecule has 0 aromatic heterocycles. The van der Waals surface area contributed by atoms with Crippen molar-refractivity contribution in [2.24, 2.45) is 5.92 Å². The third kappa shape index (κ3) is 4.70. The maximum absolute atomic E-state index is 15.2. The minimum Gasteiger partial charge on any atom is -0.495 e. The molecule has 0 spiro atoms. The van der Waals surface area contributed by atoms with Gasteiger partial charge in [0.2, 0.25) is 5.91 Å². The summed E-state index contributed by atoms with van der Waals surface area (Å²) in [6.45, 7) is 4.12. The predicted octanol–water partition coefficient (Wildman–Crippen LogP) is 6.84. The molecule has 0 bridgehead atoms.